The largest absolute Gasteiger partial charge is 0.411 e. The SMILES string of the molecule is C/C(=N\O)c1cccc(NC(=O)C(C)c2ccccc2)c1. The maximum Gasteiger partial charge on any atom is 0.231 e. The van der Waals surface area contributed by atoms with Crippen molar-refractivity contribution in [2.24, 2.45) is 5.16 Å². The van der Waals surface area contributed by atoms with Crippen LogP contribution in [-0.4, -0.2) is 16.8 Å². The summed E-state index contributed by atoms with van der Waals surface area (Å²) in [6, 6.07) is 16.9. The third kappa shape index (κ3) is 3.69. The first-order chi connectivity index (χ1) is 10.1. The van der Waals surface area contributed by atoms with Crippen LogP contribution in [-0.2, 0) is 4.79 Å². The molecule has 0 saturated heterocycles. The van der Waals surface area contributed by atoms with Crippen LogP contribution in [0.1, 0.15) is 30.9 Å². The Kier molecular flexibility index (Phi) is 4.72. The molecule has 0 aliphatic heterocycles. The van der Waals surface area contributed by atoms with Gasteiger partial charge in [-0.15, -0.1) is 0 Å². The molecule has 21 heavy (non-hydrogen) atoms. The van der Waals surface area contributed by atoms with E-state index < -0.39 is 0 Å². The Bertz CT molecular complexity index is 651. The van der Waals surface area contributed by atoms with E-state index >= 15 is 0 Å². The molecule has 4 nitrogen and oxygen atoms in total. The predicted molar refractivity (Wildman–Crippen MR) is 83.9 cm³/mol. The summed E-state index contributed by atoms with van der Waals surface area (Å²) in [4.78, 5) is 12.3. The van der Waals surface area contributed by atoms with E-state index in [-0.39, 0.29) is 11.8 Å². The lowest BCUT2D eigenvalue weighted by Gasteiger charge is -2.13. The van der Waals surface area contributed by atoms with Crippen molar-refractivity contribution in [3.8, 4) is 0 Å². The number of amides is 1. The maximum atomic E-state index is 12.3. The molecule has 1 amide bonds. The first-order valence-corrected chi connectivity index (χ1v) is 6.76. The summed E-state index contributed by atoms with van der Waals surface area (Å²) in [6.45, 7) is 3.57. The van der Waals surface area contributed by atoms with E-state index in [9.17, 15) is 4.79 Å². The van der Waals surface area contributed by atoms with Crippen LogP contribution < -0.4 is 5.32 Å². The van der Waals surface area contributed by atoms with Gasteiger partial charge in [-0.25, -0.2) is 0 Å². The molecule has 0 heterocycles. The second-order valence-electron chi connectivity index (χ2n) is 4.89. The van der Waals surface area contributed by atoms with Gasteiger partial charge >= 0.3 is 0 Å². The van der Waals surface area contributed by atoms with E-state index in [2.05, 4.69) is 10.5 Å². The average Bonchev–Trinajstić information content (AvgIpc) is 2.54. The number of hydrogen-bond acceptors (Lipinski definition) is 3. The van der Waals surface area contributed by atoms with Crippen molar-refractivity contribution >= 4 is 17.3 Å². The number of carbonyl (C=O) groups excluding carboxylic acids is 1. The molecule has 0 radical (unpaired) electrons. The van der Waals surface area contributed by atoms with Gasteiger partial charge < -0.3 is 10.5 Å². The van der Waals surface area contributed by atoms with Gasteiger partial charge in [-0.2, -0.15) is 0 Å². The van der Waals surface area contributed by atoms with E-state index in [1.165, 1.54) is 0 Å². The van der Waals surface area contributed by atoms with Gasteiger partial charge in [0.15, 0.2) is 0 Å². The van der Waals surface area contributed by atoms with Gasteiger partial charge in [0.05, 0.1) is 11.6 Å². The highest BCUT2D eigenvalue weighted by Gasteiger charge is 2.15. The van der Waals surface area contributed by atoms with Crippen LogP contribution in [0.15, 0.2) is 59.8 Å². The van der Waals surface area contributed by atoms with Crippen LogP contribution in [0.5, 0.6) is 0 Å². The first-order valence-electron chi connectivity index (χ1n) is 6.76. The van der Waals surface area contributed by atoms with Crippen LogP contribution in [0, 0.1) is 0 Å². The van der Waals surface area contributed by atoms with Gasteiger partial charge in [0, 0.05) is 11.3 Å². The van der Waals surface area contributed by atoms with E-state index in [0.29, 0.717) is 11.4 Å². The van der Waals surface area contributed by atoms with Crippen molar-refractivity contribution in [1.82, 2.24) is 0 Å². The van der Waals surface area contributed by atoms with Gasteiger partial charge in [0.25, 0.3) is 0 Å². The van der Waals surface area contributed by atoms with Crippen LogP contribution in [0.4, 0.5) is 5.69 Å². The van der Waals surface area contributed by atoms with E-state index in [1.54, 1.807) is 13.0 Å². The summed E-state index contributed by atoms with van der Waals surface area (Å²) < 4.78 is 0. The van der Waals surface area contributed by atoms with Crippen LogP contribution >= 0.6 is 0 Å². The van der Waals surface area contributed by atoms with Crippen LogP contribution in [0.2, 0.25) is 0 Å². The zero-order valence-electron chi connectivity index (χ0n) is 12.1. The number of benzene rings is 2. The molecular weight excluding hydrogens is 264 g/mol. The minimum absolute atomic E-state index is 0.0723. The second kappa shape index (κ2) is 6.70. The van der Waals surface area contributed by atoms with E-state index in [1.807, 2.05) is 55.5 Å². The van der Waals surface area contributed by atoms with Gasteiger partial charge in [0.2, 0.25) is 5.91 Å². The first kappa shape index (κ1) is 14.8. The summed E-state index contributed by atoms with van der Waals surface area (Å²) in [5, 5.41) is 14.8. The number of nitrogens with one attached hydrogen (secondary N) is 1. The Hall–Kier alpha value is -2.62. The Morgan fingerprint density at radius 2 is 1.86 bits per heavy atom. The molecule has 0 aliphatic carbocycles. The Balaban J connectivity index is 2.13. The lowest BCUT2D eigenvalue weighted by Crippen LogP contribution is -2.19. The Labute approximate surface area is 124 Å². The van der Waals surface area contributed by atoms with E-state index in [0.717, 1.165) is 11.1 Å². The van der Waals surface area contributed by atoms with E-state index in [4.69, 9.17) is 5.21 Å². The molecule has 2 aromatic rings. The van der Waals surface area contributed by atoms with Crippen molar-refractivity contribution in [3.05, 3.63) is 65.7 Å². The van der Waals surface area contributed by atoms with Crippen molar-refractivity contribution in [2.45, 2.75) is 19.8 Å². The molecule has 0 saturated carbocycles. The fourth-order valence-corrected chi connectivity index (χ4v) is 2.02. The molecule has 2 N–H and O–H groups in total. The third-order valence-corrected chi connectivity index (χ3v) is 3.39. The summed E-state index contributed by atoms with van der Waals surface area (Å²) in [5.74, 6) is -0.306. The predicted octanol–water partition coefficient (Wildman–Crippen LogP) is 3.63. The van der Waals surface area contributed by atoms with Crippen LogP contribution in [0.25, 0.3) is 0 Å². The topological polar surface area (TPSA) is 61.7 Å². The zero-order chi connectivity index (χ0) is 15.2. The molecule has 0 bridgehead atoms. The van der Waals surface area contributed by atoms with Crippen LogP contribution in [0.3, 0.4) is 0 Å². The number of rotatable bonds is 4. The van der Waals surface area contributed by atoms with Crippen molar-refractivity contribution in [3.63, 3.8) is 0 Å². The van der Waals surface area contributed by atoms with Gasteiger partial charge in [-0.3, -0.25) is 4.79 Å². The van der Waals surface area contributed by atoms with Crippen molar-refractivity contribution < 1.29 is 10.0 Å². The summed E-state index contributed by atoms with van der Waals surface area (Å²) in [6.07, 6.45) is 0. The minimum atomic E-state index is -0.234. The highest BCUT2D eigenvalue weighted by Crippen LogP contribution is 2.18. The molecule has 0 aliphatic rings. The summed E-state index contributed by atoms with van der Waals surface area (Å²) in [5.41, 5.74) is 2.92. The third-order valence-electron chi connectivity index (χ3n) is 3.39. The molecule has 108 valence electrons. The summed E-state index contributed by atoms with van der Waals surface area (Å²) in [7, 11) is 0. The standard InChI is InChI=1S/C17H18N2O2/c1-12(14-7-4-3-5-8-14)17(20)18-16-10-6-9-15(11-16)13(2)19-21/h3-12,21H,1-2H3,(H,18,20)/b19-13+. The Morgan fingerprint density at radius 3 is 2.52 bits per heavy atom. The lowest BCUT2D eigenvalue weighted by atomic mass is 10.0. The van der Waals surface area contributed by atoms with Crippen molar-refractivity contribution in [2.75, 3.05) is 5.32 Å². The second-order valence-corrected chi connectivity index (χ2v) is 4.89. The maximum absolute atomic E-state index is 12.3. The fourth-order valence-electron chi connectivity index (χ4n) is 2.02. The average molecular weight is 282 g/mol. The van der Waals surface area contributed by atoms with Crippen molar-refractivity contribution in [1.29, 1.82) is 0 Å². The van der Waals surface area contributed by atoms with Gasteiger partial charge in [-0.1, -0.05) is 47.6 Å². The number of nitrogens with zero attached hydrogens (tertiary/aromatic N) is 1. The number of oxime groups is 1. The summed E-state index contributed by atoms with van der Waals surface area (Å²) >= 11 is 0. The molecular formula is C17H18N2O2. The highest BCUT2D eigenvalue weighted by molar-refractivity contribution is 6.01. The zero-order valence-corrected chi connectivity index (χ0v) is 12.1. The molecule has 1 unspecified atom stereocenters. The van der Waals surface area contributed by atoms with Gasteiger partial charge in [0.1, 0.15) is 0 Å². The Morgan fingerprint density at radius 1 is 1.14 bits per heavy atom. The molecule has 4 heteroatoms. The smallest absolute Gasteiger partial charge is 0.231 e. The molecule has 2 aromatic carbocycles. The normalized spacial score (nSPS) is 12.8. The molecule has 0 aromatic heterocycles. The molecule has 1 atom stereocenters. The quantitative estimate of drug-likeness (QED) is 0.511. The fraction of sp³-hybridized carbons (Fsp3) is 0.176. The molecule has 2 rings (SSSR count). The number of carbonyl (C=O) groups is 1. The number of anilines is 1. The molecule has 0 spiro atoms. The highest BCUT2D eigenvalue weighted by atomic mass is 16.4. The monoisotopic (exact) mass is 282 g/mol. The van der Waals surface area contributed by atoms with Gasteiger partial charge in [-0.05, 0) is 31.5 Å². The molecule has 0 fully saturated rings. The minimum Gasteiger partial charge on any atom is -0.411 e. The number of hydrogen-bond donors (Lipinski definition) is 2. The lowest BCUT2D eigenvalue weighted by molar-refractivity contribution is -0.117.